The SMILES string of the molecule is CCN(CC1CCCO1)C(=O)C1(COC)CCNCC1. The number of ether oxygens (including phenoxy) is 2. The maximum atomic E-state index is 13.0. The Labute approximate surface area is 122 Å². The van der Waals surface area contributed by atoms with Crippen LogP contribution in [0.15, 0.2) is 0 Å². The van der Waals surface area contributed by atoms with Gasteiger partial charge in [-0.25, -0.2) is 0 Å². The van der Waals surface area contributed by atoms with Crippen LogP contribution in [0.1, 0.15) is 32.6 Å². The van der Waals surface area contributed by atoms with E-state index in [4.69, 9.17) is 9.47 Å². The van der Waals surface area contributed by atoms with Gasteiger partial charge in [0.05, 0.1) is 18.1 Å². The van der Waals surface area contributed by atoms with E-state index >= 15 is 0 Å². The van der Waals surface area contributed by atoms with Crippen molar-refractivity contribution in [3.05, 3.63) is 0 Å². The highest BCUT2D eigenvalue weighted by molar-refractivity contribution is 5.83. The van der Waals surface area contributed by atoms with Crippen LogP contribution in [-0.4, -0.2) is 63.4 Å². The summed E-state index contributed by atoms with van der Waals surface area (Å²) in [6, 6.07) is 0. The molecule has 5 nitrogen and oxygen atoms in total. The molecule has 0 spiro atoms. The van der Waals surface area contributed by atoms with Gasteiger partial charge < -0.3 is 19.7 Å². The largest absolute Gasteiger partial charge is 0.384 e. The van der Waals surface area contributed by atoms with Gasteiger partial charge in [-0.2, -0.15) is 0 Å². The van der Waals surface area contributed by atoms with E-state index in [1.165, 1.54) is 0 Å². The molecule has 2 rings (SSSR count). The molecule has 0 radical (unpaired) electrons. The molecule has 2 aliphatic rings. The predicted octanol–water partition coefficient (Wildman–Crippen LogP) is 1.03. The van der Waals surface area contributed by atoms with Crippen molar-refractivity contribution in [1.82, 2.24) is 10.2 Å². The lowest BCUT2D eigenvalue weighted by Crippen LogP contribution is -2.52. The number of nitrogens with one attached hydrogen (secondary N) is 1. The zero-order valence-electron chi connectivity index (χ0n) is 12.8. The quantitative estimate of drug-likeness (QED) is 0.791. The Morgan fingerprint density at radius 2 is 2.20 bits per heavy atom. The number of hydrogen-bond acceptors (Lipinski definition) is 4. The molecule has 2 saturated heterocycles. The number of rotatable bonds is 6. The summed E-state index contributed by atoms with van der Waals surface area (Å²) in [4.78, 5) is 15.0. The average Bonchev–Trinajstić information content (AvgIpc) is 2.98. The number of piperidine rings is 1. The minimum Gasteiger partial charge on any atom is -0.384 e. The third kappa shape index (κ3) is 3.51. The van der Waals surface area contributed by atoms with Crippen molar-refractivity contribution in [3.8, 4) is 0 Å². The lowest BCUT2D eigenvalue weighted by Gasteiger charge is -2.39. The van der Waals surface area contributed by atoms with E-state index < -0.39 is 0 Å². The van der Waals surface area contributed by atoms with E-state index in [9.17, 15) is 4.79 Å². The first-order chi connectivity index (χ1) is 9.72. The Morgan fingerprint density at radius 1 is 1.45 bits per heavy atom. The van der Waals surface area contributed by atoms with Crippen LogP contribution in [0.5, 0.6) is 0 Å². The summed E-state index contributed by atoms with van der Waals surface area (Å²) in [5.41, 5.74) is -0.339. The number of nitrogens with zero attached hydrogens (tertiary/aromatic N) is 1. The van der Waals surface area contributed by atoms with Crippen LogP contribution >= 0.6 is 0 Å². The Bertz CT molecular complexity index is 305. The Morgan fingerprint density at radius 3 is 2.75 bits per heavy atom. The van der Waals surface area contributed by atoms with Crippen molar-refractivity contribution in [2.75, 3.05) is 46.5 Å². The van der Waals surface area contributed by atoms with Crippen LogP contribution < -0.4 is 5.32 Å². The number of carbonyl (C=O) groups is 1. The number of carbonyl (C=O) groups excluding carboxylic acids is 1. The van der Waals surface area contributed by atoms with Gasteiger partial charge in [0.25, 0.3) is 0 Å². The van der Waals surface area contributed by atoms with Crippen molar-refractivity contribution in [2.45, 2.75) is 38.7 Å². The molecule has 2 aliphatic heterocycles. The van der Waals surface area contributed by atoms with Gasteiger partial charge in [-0.05, 0) is 45.7 Å². The number of methoxy groups -OCH3 is 1. The summed E-state index contributed by atoms with van der Waals surface area (Å²) in [6.07, 6.45) is 4.13. The van der Waals surface area contributed by atoms with Gasteiger partial charge in [0.15, 0.2) is 0 Å². The highest BCUT2D eigenvalue weighted by atomic mass is 16.5. The highest BCUT2D eigenvalue weighted by Crippen LogP contribution is 2.32. The average molecular weight is 284 g/mol. The molecule has 0 aromatic carbocycles. The Balaban J connectivity index is 2.03. The second-order valence-corrected chi connectivity index (χ2v) is 5.94. The topological polar surface area (TPSA) is 50.8 Å². The zero-order valence-corrected chi connectivity index (χ0v) is 12.8. The molecule has 0 aromatic rings. The predicted molar refractivity (Wildman–Crippen MR) is 77.6 cm³/mol. The maximum Gasteiger partial charge on any atom is 0.231 e. The van der Waals surface area contributed by atoms with Crippen LogP contribution in [-0.2, 0) is 14.3 Å². The second-order valence-electron chi connectivity index (χ2n) is 5.94. The minimum atomic E-state index is -0.339. The summed E-state index contributed by atoms with van der Waals surface area (Å²) < 4.78 is 11.0. The van der Waals surface area contributed by atoms with Crippen molar-refractivity contribution in [2.24, 2.45) is 5.41 Å². The summed E-state index contributed by atoms with van der Waals surface area (Å²) >= 11 is 0. The van der Waals surface area contributed by atoms with Crippen molar-refractivity contribution < 1.29 is 14.3 Å². The van der Waals surface area contributed by atoms with Crippen LogP contribution in [0.2, 0.25) is 0 Å². The van der Waals surface area contributed by atoms with Gasteiger partial charge >= 0.3 is 0 Å². The minimum absolute atomic E-state index is 0.222. The maximum absolute atomic E-state index is 13.0. The molecule has 1 N–H and O–H groups in total. The molecular weight excluding hydrogens is 256 g/mol. The molecule has 1 amide bonds. The summed E-state index contributed by atoms with van der Waals surface area (Å²) in [6.45, 7) is 6.68. The number of hydrogen-bond donors (Lipinski definition) is 1. The molecule has 2 fully saturated rings. The van der Waals surface area contributed by atoms with Gasteiger partial charge in [0.1, 0.15) is 0 Å². The molecule has 0 aliphatic carbocycles. The molecule has 20 heavy (non-hydrogen) atoms. The standard InChI is InChI=1S/C15H28N2O3/c1-3-17(11-13-5-4-10-20-13)14(18)15(12-19-2)6-8-16-9-7-15/h13,16H,3-12H2,1-2H3. The van der Waals surface area contributed by atoms with Crippen LogP contribution in [0, 0.1) is 5.41 Å². The first-order valence-electron chi connectivity index (χ1n) is 7.82. The fraction of sp³-hybridized carbons (Fsp3) is 0.933. The highest BCUT2D eigenvalue weighted by Gasteiger charge is 2.42. The van der Waals surface area contributed by atoms with Crippen molar-refractivity contribution in [1.29, 1.82) is 0 Å². The van der Waals surface area contributed by atoms with Crippen molar-refractivity contribution in [3.63, 3.8) is 0 Å². The molecule has 2 heterocycles. The molecule has 0 saturated carbocycles. The fourth-order valence-electron chi connectivity index (χ4n) is 3.33. The summed E-state index contributed by atoms with van der Waals surface area (Å²) in [5, 5.41) is 3.33. The smallest absolute Gasteiger partial charge is 0.231 e. The Kier molecular flexibility index (Phi) is 5.81. The normalized spacial score (nSPS) is 25.6. The third-order valence-electron chi connectivity index (χ3n) is 4.55. The van der Waals surface area contributed by atoms with Gasteiger partial charge in [-0.15, -0.1) is 0 Å². The molecule has 0 aromatic heterocycles. The summed E-state index contributed by atoms with van der Waals surface area (Å²) in [7, 11) is 1.69. The molecule has 1 atom stereocenters. The van der Waals surface area contributed by atoms with Gasteiger partial charge in [0.2, 0.25) is 5.91 Å². The van der Waals surface area contributed by atoms with E-state index in [1.54, 1.807) is 7.11 Å². The number of likely N-dealkylation sites (N-methyl/N-ethyl adjacent to an activating group) is 1. The van der Waals surface area contributed by atoms with E-state index in [0.717, 1.165) is 58.5 Å². The van der Waals surface area contributed by atoms with E-state index in [1.807, 2.05) is 4.90 Å². The summed E-state index contributed by atoms with van der Waals surface area (Å²) in [5.74, 6) is 0.249. The molecule has 116 valence electrons. The molecule has 5 heteroatoms. The monoisotopic (exact) mass is 284 g/mol. The third-order valence-corrected chi connectivity index (χ3v) is 4.55. The van der Waals surface area contributed by atoms with Crippen molar-refractivity contribution >= 4 is 5.91 Å². The number of amides is 1. The molecule has 0 bridgehead atoms. The lowest BCUT2D eigenvalue weighted by atomic mass is 9.78. The lowest BCUT2D eigenvalue weighted by molar-refractivity contribution is -0.149. The van der Waals surface area contributed by atoms with Gasteiger partial charge in [-0.3, -0.25) is 4.79 Å². The van der Waals surface area contributed by atoms with Crippen LogP contribution in [0.3, 0.4) is 0 Å². The first kappa shape index (κ1) is 15.7. The van der Waals surface area contributed by atoms with Gasteiger partial charge in [0, 0.05) is 26.8 Å². The first-order valence-corrected chi connectivity index (χ1v) is 7.82. The van der Waals surface area contributed by atoms with E-state index in [0.29, 0.717) is 6.61 Å². The zero-order chi connectivity index (χ0) is 14.4. The fourth-order valence-corrected chi connectivity index (χ4v) is 3.33. The molecular formula is C15H28N2O3. The van der Waals surface area contributed by atoms with E-state index in [2.05, 4.69) is 12.2 Å². The van der Waals surface area contributed by atoms with Crippen LogP contribution in [0.25, 0.3) is 0 Å². The van der Waals surface area contributed by atoms with E-state index in [-0.39, 0.29) is 17.4 Å². The second kappa shape index (κ2) is 7.38. The van der Waals surface area contributed by atoms with Gasteiger partial charge in [-0.1, -0.05) is 0 Å². The molecule has 1 unspecified atom stereocenters. The Hall–Kier alpha value is -0.650. The van der Waals surface area contributed by atoms with Crippen LogP contribution in [0.4, 0.5) is 0 Å².